The van der Waals surface area contributed by atoms with Gasteiger partial charge in [0.05, 0.1) is 0 Å². The fraction of sp³-hybridized carbons (Fsp3) is 0.143. The van der Waals surface area contributed by atoms with Crippen molar-refractivity contribution in [1.29, 1.82) is 10.5 Å². The van der Waals surface area contributed by atoms with Crippen molar-refractivity contribution in [3.63, 3.8) is 0 Å². The maximum atomic E-state index is 13.2. The monoisotopic (exact) mass is 381 g/mol. The average molecular weight is 381 g/mol. The van der Waals surface area contributed by atoms with Crippen molar-refractivity contribution < 1.29 is 9.59 Å². The molecule has 0 N–H and O–H groups in total. The minimum atomic E-state index is -0.520. The smallest absolute Gasteiger partial charge is 0.265 e. The lowest BCUT2D eigenvalue weighted by Gasteiger charge is -2.30. The van der Waals surface area contributed by atoms with Gasteiger partial charge in [-0.1, -0.05) is 0 Å². The van der Waals surface area contributed by atoms with Crippen molar-refractivity contribution in [1.82, 2.24) is 14.3 Å². The number of nitriles is 2. The molecule has 1 aliphatic heterocycles. The second kappa shape index (κ2) is 5.37. The van der Waals surface area contributed by atoms with E-state index in [1.54, 1.807) is 26.0 Å². The summed E-state index contributed by atoms with van der Waals surface area (Å²) < 4.78 is 1.12. The number of carbonyl (C=O) groups is 2. The Bertz CT molecular complexity index is 1540. The van der Waals surface area contributed by atoms with E-state index in [0.29, 0.717) is 27.3 Å². The number of imide groups is 1. The zero-order valence-corrected chi connectivity index (χ0v) is 15.3. The van der Waals surface area contributed by atoms with E-state index in [1.807, 2.05) is 12.1 Å². The molecule has 4 aromatic rings. The molecule has 0 spiro atoms. The van der Waals surface area contributed by atoms with Gasteiger partial charge < -0.3 is 0 Å². The summed E-state index contributed by atoms with van der Waals surface area (Å²) in [5.41, 5.74) is 0.0277. The molecule has 1 aliphatic rings. The van der Waals surface area contributed by atoms with E-state index in [9.17, 15) is 24.9 Å². The largest absolute Gasteiger partial charge is 0.272 e. The summed E-state index contributed by atoms with van der Waals surface area (Å²) in [5.74, 6) is -0.837. The zero-order chi connectivity index (χ0) is 20.6. The Morgan fingerprint density at radius 2 is 1.52 bits per heavy atom. The number of carbonyl (C=O) groups excluding carboxylic acids is 2. The maximum Gasteiger partial charge on any atom is 0.265 e. The molecule has 3 heterocycles. The van der Waals surface area contributed by atoms with E-state index < -0.39 is 17.4 Å². The summed E-state index contributed by atoms with van der Waals surface area (Å²) in [6.45, 7) is 3.52. The fourth-order valence-electron chi connectivity index (χ4n) is 4.14. The van der Waals surface area contributed by atoms with Crippen molar-refractivity contribution in [3.05, 3.63) is 57.1 Å². The first kappa shape index (κ1) is 16.8. The molecule has 29 heavy (non-hydrogen) atoms. The minimum absolute atomic E-state index is 0.135. The number of amides is 2. The standard InChI is InChI=1S/C21H11N5O3/c1-9(2)25-19(27)12-4-3-10-16-11(5-6-13(17(12)16)20(25)28)21(29)26-15(8-23)14(7-22)24-18(10)26/h3-6,9H,1-2H3. The summed E-state index contributed by atoms with van der Waals surface area (Å²) in [6, 6.07) is 9.69. The van der Waals surface area contributed by atoms with Gasteiger partial charge in [-0.3, -0.25) is 19.3 Å². The van der Waals surface area contributed by atoms with Gasteiger partial charge in [0, 0.05) is 38.7 Å². The second-order valence-electron chi connectivity index (χ2n) is 7.14. The Labute approximate surface area is 163 Å². The van der Waals surface area contributed by atoms with Crippen LogP contribution in [-0.4, -0.2) is 32.1 Å². The number of pyridine rings is 1. The minimum Gasteiger partial charge on any atom is -0.272 e. The van der Waals surface area contributed by atoms with Crippen molar-refractivity contribution in [2.45, 2.75) is 19.9 Å². The predicted molar refractivity (Wildman–Crippen MR) is 103 cm³/mol. The van der Waals surface area contributed by atoms with Crippen LogP contribution in [0.2, 0.25) is 0 Å². The fourth-order valence-corrected chi connectivity index (χ4v) is 4.14. The first-order valence-corrected chi connectivity index (χ1v) is 8.86. The molecule has 2 aromatic heterocycles. The molecule has 2 aromatic carbocycles. The Morgan fingerprint density at radius 1 is 0.897 bits per heavy atom. The van der Waals surface area contributed by atoms with Gasteiger partial charge in [0.1, 0.15) is 17.8 Å². The average Bonchev–Trinajstić information content (AvgIpc) is 3.09. The highest BCUT2D eigenvalue weighted by Gasteiger charge is 2.36. The molecule has 8 nitrogen and oxygen atoms in total. The summed E-state index contributed by atoms with van der Waals surface area (Å²) >= 11 is 0. The van der Waals surface area contributed by atoms with E-state index in [-0.39, 0.29) is 28.5 Å². The number of rotatable bonds is 1. The number of imidazole rings is 1. The molecule has 0 atom stereocenters. The highest BCUT2D eigenvalue weighted by atomic mass is 16.2. The van der Waals surface area contributed by atoms with Crippen molar-refractivity contribution in [3.8, 4) is 12.1 Å². The van der Waals surface area contributed by atoms with Crippen LogP contribution in [0.1, 0.15) is 46.0 Å². The molecule has 0 aliphatic carbocycles. The van der Waals surface area contributed by atoms with Gasteiger partial charge in [-0.15, -0.1) is 0 Å². The van der Waals surface area contributed by atoms with Crippen LogP contribution in [0.3, 0.4) is 0 Å². The Morgan fingerprint density at radius 3 is 2.07 bits per heavy atom. The Hall–Kier alpha value is -4.30. The third-order valence-electron chi connectivity index (χ3n) is 5.34. The van der Waals surface area contributed by atoms with Crippen LogP contribution in [0.5, 0.6) is 0 Å². The summed E-state index contributed by atoms with van der Waals surface area (Å²) in [4.78, 5) is 44.5. The molecule has 0 radical (unpaired) electrons. The third kappa shape index (κ3) is 1.85. The molecule has 0 saturated heterocycles. The molecule has 138 valence electrons. The van der Waals surface area contributed by atoms with Crippen molar-refractivity contribution in [2.24, 2.45) is 0 Å². The molecular formula is C21H11N5O3. The highest BCUT2D eigenvalue weighted by molar-refractivity contribution is 6.31. The first-order valence-electron chi connectivity index (χ1n) is 8.86. The normalized spacial score (nSPS) is 13.6. The van der Waals surface area contributed by atoms with E-state index in [1.165, 1.54) is 17.0 Å². The van der Waals surface area contributed by atoms with Gasteiger partial charge in [0.15, 0.2) is 11.4 Å². The molecule has 2 amide bonds. The summed E-state index contributed by atoms with van der Waals surface area (Å²) in [7, 11) is 0. The molecule has 5 rings (SSSR count). The predicted octanol–water partition coefficient (Wildman–Crippen LogP) is 2.19. The molecule has 0 saturated carbocycles. The number of nitrogens with zero attached hydrogens (tertiary/aromatic N) is 5. The van der Waals surface area contributed by atoms with Crippen LogP contribution in [0, 0.1) is 22.7 Å². The van der Waals surface area contributed by atoms with Crippen LogP contribution >= 0.6 is 0 Å². The van der Waals surface area contributed by atoms with Gasteiger partial charge in [-0.2, -0.15) is 10.5 Å². The summed E-state index contributed by atoms with van der Waals surface area (Å²) in [5, 5.41) is 20.3. The molecular weight excluding hydrogens is 370 g/mol. The van der Waals surface area contributed by atoms with E-state index >= 15 is 0 Å². The quantitative estimate of drug-likeness (QED) is 0.466. The molecule has 8 heteroatoms. The van der Waals surface area contributed by atoms with Crippen LogP contribution in [0.4, 0.5) is 0 Å². The van der Waals surface area contributed by atoms with Crippen LogP contribution < -0.4 is 5.56 Å². The lowest BCUT2D eigenvalue weighted by molar-refractivity contribution is 0.0564. The van der Waals surface area contributed by atoms with Crippen LogP contribution in [-0.2, 0) is 0 Å². The first-order chi connectivity index (χ1) is 13.9. The Balaban J connectivity index is 2.05. The van der Waals surface area contributed by atoms with E-state index in [4.69, 9.17) is 0 Å². The highest BCUT2D eigenvalue weighted by Crippen LogP contribution is 2.37. The van der Waals surface area contributed by atoms with E-state index in [0.717, 1.165) is 4.40 Å². The third-order valence-corrected chi connectivity index (χ3v) is 5.34. The maximum absolute atomic E-state index is 13.2. The molecule has 0 fully saturated rings. The molecule has 0 bridgehead atoms. The van der Waals surface area contributed by atoms with Crippen LogP contribution in [0.25, 0.3) is 27.2 Å². The topological polar surface area (TPSA) is 119 Å². The van der Waals surface area contributed by atoms with E-state index in [2.05, 4.69) is 4.98 Å². The number of aromatic nitrogens is 2. The SMILES string of the molecule is CC(C)N1C(=O)c2ccc3c(=O)n4c(C#N)c(C#N)nc4c4ccc(c2c34)C1=O. The zero-order valence-electron chi connectivity index (χ0n) is 15.3. The second-order valence-corrected chi connectivity index (χ2v) is 7.14. The lowest BCUT2D eigenvalue weighted by Crippen LogP contribution is -2.44. The number of hydrogen-bond acceptors (Lipinski definition) is 6. The van der Waals surface area contributed by atoms with Crippen LogP contribution in [0.15, 0.2) is 29.1 Å². The Kier molecular flexibility index (Phi) is 3.12. The van der Waals surface area contributed by atoms with Gasteiger partial charge in [-0.05, 0) is 38.1 Å². The van der Waals surface area contributed by atoms with Crippen molar-refractivity contribution in [2.75, 3.05) is 0 Å². The number of benzene rings is 2. The number of hydrogen-bond donors (Lipinski definition) is 0. The van der Waals surface area contributed by atoms with Gasteiger partial charge in [0.25, 0.3) is 17.4 Å². The van der Waals surface area contributed by atoms with Gasteiger partial charge >= 0.3 is 0 Å². The van der Waals surface area contributed by atoms with Crippen molar-refractivity contribution >= 4 is 39.0 Å². The van der Waals surface area contributed by atoms with Gasteiger partial charge in [0.2, 0.25) is 0 Å². The number of fused-ring (bicyclic) bond motifs is 2. The lowest BCUT2D eigenvalue weighted by atomic mass is 9.90. The van der Waals surface area contributed by atoms with Gasteiger partial charge in [-0.25, -0.2) is 9.38 Å². The molecule has 0 unspecified atom stereocenters. The summed E-state index contributed by atoms with van der Waals surface area (Å²) in [6.07, 6.45) is 0.